The Morgan fingerprint density at radius 3 is 2.56 bits per heavy atom. The van der Waals surface area contributed by atoms with Crippen molar-refractivity contribution in [2.75, 3.05) is 43.4 Å². The molecule has 3 N–H and O–H groups in total. The molecule has 0 unspecified atom stereocenters. The van der Waals surface area contributed by atoms with Crippen LogP contribution in [0.1, 0.15) is 25.7 Å². The Kier molecular flexibility index (Phi) is 8.55. The first kappa shape index (κ1) is 22.2. The fraction of sp³-hybridized carbons (Fsp3) is 0.647. The molecule has 0 radical (unpaired) electrons. The van der Waals surface area contributed by atoms with Gasteiger partial charge in [0.25, 0.3) is 0 Å². The summed E-state index contributed by atoms with van der Waals surface area (Å²) in [6.45, 7) is 2.42. The molecule has 0 spiro atoms. The second-order valence-corrected chi connectivity index (χ2v) is 8.87. The third kappa shape index (κ3) is 6.46. The summed E-state index contributed by atoms with van der Waals surface area (Å²) in [5.41, 5.74) is 5.86. The summed E-state index contributed by atoms with van der Waals surface area (Å²) in [7, 11) is -3.32. The molecule has 2 fully saturated rings. The van der Waals surface area contributed by atoms with Gasteiger partial charge < -0.3 is 16.0 Å². The minimum Gasteiger partial charge on any atom is -0.370 e. The molecule has 1 aliphatic carbocycles. The van der Waals surface area contributed by atoms with Gasteiger partial charge in [-0.1, -0.05) is 18.9 Å². The van der Waals surface area contributed by atoms with Gasteiger partial charge in [-0.3, -0.25) is 4.99 Å². The van der Waals surface area contributed by atoms with Gasteiger partial charge in [0.05, 0.1) is 12.3 Å². The molecule has 10 heteroatoms. The summed E-state index contributed by atoms with van der Waals surface area (Å²) in [6.07, 6.45) is 6.39. The van der Waals surface area contributed by atoms with Gasteiger partial charge in [0.2, 0.25) is 10.0 Å². The summed E-state index contributed by atoms with van der Waals surface area (Å²) in [4.78, 5) is 10.6. The molecule has 2 aliphatic rings. The number of hydrogen-bond donors (Lipinski definition) is 2. The van der Waals surface area contributed by atoms with E-state index in [1.54, 1.807) is 10.5 Å². The summed E-state index contributed by atoms with van der Waals surface area (Å²) < 4.78 is 26.6. The number of anilines is 1. The van der Waals surface area contributed by atoms with E-state index >= 15 is 0 Å². The van der Waals surface area contributed by atoms with Gasteiger partial charge in [-0.2, -0.15) is 4.31 Å². The zero-order chi connectivity index (χ0) is 18.4. The minimum atomic E-state index is -3.32. The molecule has 0 aromatic carbocycles. The number of pyridine rings is 1. The molecule has 1 aromatic rings. The van der Waals surface area contributed by atoms with Crippen LogP contribution in [0.15, 0.2) is 29.4 Å². The lowest BCUT2D eigenvalue weighted by Crippen LogP contribution is -2.49. The summed E-state index contributed by atoms with van der Waals surface area (Å²) >= 11 is 0. The molecule has 1 saturated heterocycles. The maximum atomic E-state index is 12.5. The highest BCUT2D eigenvalue weighted by Gasteiger charge is 2.27. The first-order chi connectivity index (χ1) is 12.5. The zero-order valence-corrected chi connectivity index (χ0v) is 18.6. The van der Waals surface area contributed by atoms with Crippen LogP contribution in [0, 0.1) is 0 Å². The van der Waals surface area contributed by atoms with Gasteiger partial charge in [-0.25, -0.2) is 13.4 Å². The van der Waals surface area contributed by atoms with E-state index in [4.69, 9.17) is 5.73 Å². The van der Waals surface area contributed by atoms with E-state index in [1.165, 1.54) is 12.8 Å². The van der Waals surface area contributed by atoms with Crippen molar-refractivity contribution in [3.05, 3.63) is 24.4 Å². The molecule has 1 saturated carbocycles. The van der Waals surface area contributed by atoms with Gasteiger partial charge in [0.1, 0.15) is 5.82 Å². The predicted molar refractivity (Wildman–Crippen MR) is 119 cm³/mol. The smallest absolute Gasteiger partial charge is 0.216 e. The van der Waals surface area contributed by atoms with Crippen LogP contribution >= 0.6 is 24.0 Å². The largest absolute Gasteiger partial charge is 0.370 e. The Bertz CT molecular complexity index is 701. The lowest BCUT2D eigenvalue weighted by atomic mass is 10.3. The molecular weight excluding hydrogens is 479 g/mol. The SMILES string of the molecule is I.NC(=NCCS(=O)(=O)N1CCN(c2ccccn2)CC1)NC1CCCC1. The molecule has 152 valence electrons. The normalized spacial score (nSPS) is 19.7. The van der Waals surface area contributed by atoms with Gasteiger partial charge in [0.15, 0.2) is 5.96 Å². The topological polar surface area (TPSA) is 104 Å². The molecule has 27 heavy (non-hydrogen) atoms. The van der Waals surface area contributed by atoms with Crippen molar-refractivity contribution in [3.63, 3.8) is 0 Å². The van der Waals surface area contributed by atoms with Crippen LogP contribution in [0.5, 0.6) is 0 Å². The number of aromatic nitrogens is 1. The van der Waals surface area contributed by atoms with Crippen molar-refractivity contribution in [1.29, 1.82) is 0 Å². The average molecular weight is 508 g/mol. The predicted octanol–water partition coefficient (Wildman–Crippen LogP) is 0.998. The van der Waals surface area contributed by atoms with E-state index in [-0.39, 0.29) is 36.3 Å². The highest BCUT2D eigenvalue weighted by atomic mass is 127. The number of halogens is 1. The number of nitrogens with zero attached hydrogens (tertiary/aromatic N) is 4. The summed E-state index contributed by atoms with van der Waals surface area (Å²) in [5.74, 6) is 1.23. The van der Waals surface area contributed by atoms with Crippen LogP contribution in [0.4, 0.5) is 5.82 Å². The first-order valence-corrected chi connectivity index (χ1v) is 10.9. The Morgan fingerprint density at radius 1 is 1.22 bits per heavy atom. The van der Waals surface area contributed by atoms with E-state index in [9.17, 15) is 8.42 Å². The van der Waals surface area contributed by atoms with E-state index in [0.29, 0.717) is 38.2 Å². The van der Waals surface area contributed by atoms with Crippen molar-refractivity contribution in [3.8, 4) is 0 Å². The number of nitrogens with two attached hydrogens (primary N) is 1. The van der Waals surface area contributed by atoms with Crippen molar-refractivity contribution >= 4 is 45.8 Å². The number of sulfonamides is 1. The Labute approximate surface area is 178 Å². The molecule has 0 amide bonds. The molecule has 0 bridgehead atoms. The summed E-state index contributed by atoms with van der Waals surface area (Å²) in [6, 6.07) is 6.14. The van der Waals surface area contributed by atoms with Crippen LogP contribution < -0.4 is 16.0 Å². The van der Waals surface area contributed by atoms with Crippen LogP contribution in [0.25, 0.3) is 0 Å². The number of hydrogen-bond acceptors (Lipinski definition) is 5. The lowest BCUT2D eigenvalue weighted by Gasteiger charge is -2.34. The van der Waals surface area contributed by atoms with Gasteiger partial charge in [-0.05, 0) is 25.0 Å². The molecule has 1 aliphatic heterocycles. The second-order valence-electron chi connectivity index (χ2n) is 6.78. The second kappa shape index (κ2) is 10.4. The van der Waals surface area contributed by atoms with E-state index in [0.717, 1.165) is 18.7 Å². The number of piperazine rings is 1. The third-order valence-corrected chi connectivity index (χ3v) is 6.79. The number of nitrogens with one attached hydrogen (secondary N) is 1. The highest BCUT2D eigenvalue weighted by Crippen LogP contribution is 2.17. The zero-order valence-electron chi connectivity index (χ0n) is 15.5. The average Bonchev–Trinajstić information content (AvgIpc) is 3.15. The Balaban J connectivity index is 0.00000261. The molecule has 1 aromatic heterocycles. The molecule has 2 heterocycles. The standard InChI is InChI=1S/C17H28N6O2S.HI/c18-17(21-15-5-1-2-6-15)20-9-14-26(24,25)23-12-10-22(11-13-23)16-7-3-4-8-19-16;/h3-4,7-8,15H,1-2,5-6,9-14H2,(H3,18,20,21);1H. The quantitative estimate of drug-likeness (QED) is 0.338. The van der Waals surface area contributed by atoms with Crippen LogP contribution in [0.3, 0.4) is 0 Å². The molecule has 8 nitrogen and oxygen atoms in total. The van der Waals surface area contributed by atoms with Gasteiger partial charge in [-0.15, -0.1) is 24.0 Å². The van der Waals surface area contributed by atoms with Crippen molar-refractivity contribution in [1.82, 2.24) is 14.6 Å². The maximum Gasteiger partial charge on any atom is 0.216 e. The van der Waals surface area contributed by atoms with Crippen LogP contribution in [-0.4, -0.2) is 68.2 Å². The Hall–Kier alpha value is -1.14. The van der Waals surface area contributed by atoms with Crippen LogP contribution in [0.2, 0.25) is 0 Å². The van der Waals surface area contributed by atoms with Crippen molar-refractivity contribution < 1.29 is 8.42 Å². The molecular formula is C17H29IN6O2S. The van der Waals surface area contributed by atoms with Gasteiger partial charge >= 0.3 is 0 Å². The monoisotopic (exact) mass is 508 g/mol. The maximum absolute atomic E-state index is 12.5. The van der Waals surface area contributed by atoms with Gasteiger partial charge in [0, 0.05) is 38.4 Å². The lowest BCUT2D eigenvalue weighted by molar-refractivity contribution is 0.384. The first-order valence-electron chi connectivity index (χ1n) is 9.25. The highest BCUT2D eigenvalue weighted by molar-refractivity contribution is 14.0. The number of guanidine groups is 1. The number of aliphatic imine (C=N–C) groups is 1. The number of rotatable bonds is 6. The molecule has 3 rings (SSSR count). The van der Waals surface area contributed by atoms with E-state index in [1.807, 2.05) is 18.2 Å². The molecule has 0 atom stereocenters. The van der Waals surface area contributed by atoms with E-state index in [2.05, 4.69) is 20.2 Å². The van der Waals surface area contributed by atoms with Crippen LogP contribution in [-0.2, 0) is 10.0 Å². The Morgan fingerprint density at radius 2 is 1.93 bits per heavy atom. The van der Waals surface area contributed by atoms with E-state index < -0.39 is 10.0 Å². The van der Waals surface area contributed by atoms with Crippen molar-refractivity contribution in [2.24, 2.45) is 10.7 Å². The fourth-order valence-electron chi connectivity index (χ4n) is 3.47. The minimum absolute atomic E-state index is 0. The van der Waals surface area contributed by atoms with Crippen molar-refractivity contribution in [2.45, 2.75) is 31.7 Å². The summed E-state index contributed by atoms with van der Waals surface area (Å²) in [5, 5.41) is 3.17. The third-order valence-electron chi connectivity index (χ3n) is 4.94. The fourth-order valence-corrected chi connectivity index (χ4v) is 4.77.